The van der Waals surface area contributed by atoms with Crippen molar-refractivity contribution in [1.29, 1.82) is 0 Å². The van der Waals surface area contributed by atoms with Gasteiger partial charge in [0.1, 0.15) is 0 Å². The molecule has 32 heavy (non-hydrogen) atoms. The summed E-state index contributed by atoms with van der Waals surface area (Å²) in [7, 11) is -1.92. The first-order chi connectivity index (χ1) is 14.8. The van der Waals surface area contributed by atoms with Gasteiger partial charge in [0.05, 0.1) is 21.6 Å². The molecule has 2 rings (SSSR count). The van der Waals surface area contributed by atoms with Crippen LogP contribution in [0.4, 0.5) is 0 Å². The summed E-state index contributed by atoms with van der Waals surface area (Å²) in [5.41, 5.74) is -1.48. The Morgan fingerprint density at radius 3 is 1.84 bits per heavy atom. The second-order valence-electron chi connectivity index (χ2n) is 10.7. The lowest BCUT2D eigenvalue weighted by molar-refractivity contribution is -0.148. The highest BCUT2D eigenvalue weighted by Gasteiger charge is 2.35. The SMILES string of the molecule is CC(C)(CCCC1CC=C(CCC2CCC(CCCC(C)(C)C(=O)O)S2=O)S1=O)C(=O)O. The predicted molar refractivity (Wildman–Crippen MR) is 129 cm³/mol. The first-order valence-corrected chi connectivity index (χ1v) is 14.3. The molecule has 0 bridgehead atoms. The van der Waals surface area contributed by atoms with Crippen LogP contribution in [0.5, 0.6) is 0 Å². The third-order valence-electron chi connectivity index (χ3n) is 7.16. The minimum atomic E-state index is -1.02. The van der Waals surface area contributed by atoms with Crippen molar-refractivity contribution in [2.75, 3.05) is 0 Å². The summed E-state index contributed by atoms with van der Waals surface area (Å²) in [6.45, 7) is 6.93. The van der Waals surface area contributed by atoms with E-state index in [-0.39, 0.29) is 15.7 Å². The lowest BCUT2D eigenvalue weighted by atomic mass is 9.87. The molecule has 2 aliphatic rings. The van der Waals surface area contributed by atoms with Crippen molar-refractivity contribution in [3.05, 3.63) is 11.0 Å². The maximum absolute atomic E-state index is 12.9. The van der Waals surface area contributed by atoms with Crippen molar-refractivity contribution < 1.29 is 28.2 Å². The lowest BCUT2D eigenvalue weighted by Crippen LogP contribution is -2.24. The van der Waals surface area contributed by atoms with Gasteiger partial charge in [0.2, 0.25) is 0 Å². The monoisotopic (exact) mass is 488 g/mol. The fraction of sp³-hybridized carbons (Fsp3) is 0.833. The molecule has 0 saturated carbocycles. The van der Waals surface area contributed by atoms with Gasteiger partial charge < -0.3 is 10.2 Å². The van der Waals surface area contributed by atoms with Gasteiger partial charge in [0, 0.05) is 31.5 Å². The molecule has 5 atom stereocenters. The third-order valence-corrected chi connectivity index (χ3v) is 11.3. The number of allylic oxidation sites excluding steroid dienone is 2. The van der Waals surface area contributed by atoms with E-state index >= 15 is 0 Å². The summed E-state index contributed by atoms with van der Waals surface area (Å²) in [6.07, 6.45) is 10.5. The van der Waals surface area contributed by atoms with Crippen LogP contribution in [0.3, 0.4) is 0 Å². The van der Waals surface area contributed by atoms with Crippen LogP contribution in [0, 0.1) is 10.8 Å². The van der Waals surface area contributed by atoms with E-state index in [0.29, 0.717) is 12.8 Å². The number of carbonyl (C=O) groups is 2. The van der Waals surface area contributed by atoms with Crippen LogP contribution >= 0.6 is 0 Å². The number of carboxylic acid groups (broad SMARTS) is 2. The van der Waals surface area contributed by atoms with Gasteiger partial charge in [-0.1, -0.05) is 18.9 Å². The van der Waals surface area contributed by atoms with Crippen molar-refractivity contribution >= 4 is 33.5 Å². The maximum atomic E-state index is 12.9. The van der Waals surface area contributed by atoms with Crippen LogP contribution < -0.4 is 0 Å². The predicted octanol–water partition coefficient (Wildman–Crippen LogP) is 5.01. The molecule has 0 spiro atoms. The Kier molecular flexibility index (Phi) is 9.71. The molecule has 2 N–H and O–H groups in total. The van der Waals surface area contributed by atoms with E-state index in [1.165, 1.54) is 0 Å². The van der Waals surface area contributed by atoms with Crippen molar-refractivity contribution in [3.8, 4) is 0 Å². The normalized spacial score (nSPS) is 28.6. The molecule has 0 amide bonds. The van der Waals surface area contributed by atoms with E-state index in [4.69, 9.17) is 0 Å². The molecule has 0 aromatic rings. The van der Waals surface area contributed by atoms with E-state index in [1.807, 2.05) is 0 Å². The Morgan fingerprint density at radius 1 is 0.875 bits per heavy atom. The van der Waals surface area contributed by atoms with Crippen LogP contribution in [0.1, 0.15) is 98.3 Å². The van der Waals surface area contributed by atoms with Crippen molar-refractivity contribution in [2.24, 2.45) is 10.8 Å². The summed E-state index contributed by atoms with van der Waals surface area (Å²) in [4.78, 5) is 23.4. The van der Waals surface area contributed by atoms with Crippen molar-refractivity contribution in [3.63, 3.8) is 0 Å². The molecule has 1 saturated heterocycles. The Bertz CT molecular complexity index is 770. The number of hydrogen-bond donors (Lipinski definition) is 2. The molecule has 2 aliphatic heterocycles. The average Bonchev–Trinajstić information content (AvgIpc) is 3.22. The first-order valence-electron chi connectivity index (χ1n) is 11.8. The number of hydrogen-bond acceptors (Lipinski definition) is 4. The molecule has 8 heteroatoms. The highest BCUT2D eigenvalue weighted by molar-refractivity contribution is 7.89. The minimum absolute atomic E-state index is 0.0778. The van der Waals surface area contributed by atoms with Gasteiger partial charge in [0.25, 0.3) is 0 Å². The van der Waals surface area contributed by atoms with Gasteiger partial charge in [-0.3, -0.25) is 18.0 Å². The van der Waals surface area contributed by atoms with E-state index in [9.17, 15) is 28.2 Å². The molecule has 0 radical (unpaired) electrons. The highest BCUT2D eigenvalue weighted by Crippen LogP contribution is 2.35. The maximum Gasteiger partial charge on any atom is 0.309 e. The second kappa shape index (κ2) is 11.4. The van der Waals surface area contributed by atoms with E-state index in [0.717, 1.165) is 62.7 Å². The molecule has 6 nitrogen and oxygen atoms in total. The van der Waals surface area contributed by atoms with Gasteiger partial charge in [-0.25, -0.2) is 0 Å². The second-order valence-corrected chi connectivity index (χ2v) is 14.5. The van der Waals surface area contributed by atoms with Gasteiger partial charge in [0.15, 0.2) is 0 Å². The summed E-state index contributed by atoms with van der Waals surface area (Å²) in [5.74, 6) is -1.58. The largest absolute Gasteiger partial charge is 0.481 e. The van der Waals surface area contributed by atoms with E-state index in [1.54, 1.807) is 27.7 Å². The summed E-state index contributed by atoms with van der Waals surface area (Å²) >= 11 is 0. The molecule has 2 heterocycles. The van der Waals surface area contributed by atoms with Crippen LogP contribution in [-0.2, 0) is 31.2 Å². The average molecular weight is 489 g/mol. The Balaban J connectivity index is 1.72. The quantitative estimate of drug-likeness (QED) is 0.377. The van der Waals surface area contributed by atoms with Gasteiger partial charge in [-0.2, -0.15) is 0 Å². The van der Waals surface area contributed by atoms with Crippen LogP contribution in [-0.4, -0.2) is 46.3 Å². The molecular formula is C24H40O6S2. The number of aliphatic carboxylic acids is 2. The lowest BCUT2D eigenvalue weighted by Gasteiger charge is -2.20. The molecular weight excluding hydrogens is 448 g/mol. The summed E-state index contributed by atoms with van der Waals surface area (Å²) < 4.78 is 25.7. The zero-order chi connectivity index (χ0) is 24.1. The fourth-order valence-corrected chi connectivity index (χ4v) is 8.22. The third kappa shape index (κ3) is 7.24. The minimum Gasteiger partial charge on any atom is -0.481 e. The topological polar surface area (TPSA) is 109 Å². The zero-order valence-electron chi connectivity index (χ0n) is 19.9. The molecule has 0 aromatic heterocycles. The standard InChI is InChI=1S/C24H40O6S2/c1-23(2,21(25)26)15-5-7-17-9-11-19(31(17)29)13-14-20-12-10-18(32(20)30)8-6-16-24(3,4)22(27)28/h11,17-18,20H,5-10,12-16H2,1-4H3,(H,25,26)(H,27,28). The van der Waals surface area contributed by atoms with Gasteiger partial charge in [-0.15, -0.1) is 0 Å². The van der Waals surface area contributed by atoms with Crippen molar-refractivity contribution in [1.82, 2.24) is 0 Å². The number of carboxylic acids is 2. The van der Waals surface area contributed by atoms with Crippen molar-refractivity contribution in [2.45, 2.75) is 114 Å². The summed E-state index contributed by atoms with van der Waals surface area (Å²) in [5, 5.41) is 18.8. The van der Waals surface area contributed by atoms with E-state index in [2.05, 4.69) is 6.08 Å². The van der Waals surface area contributed by atoms with Gasteiger partial charge in [-0.05, 0) is 85.5 Å². The number of rotatable bonds is 13. The Labute approximate surface area is 197 Å². The van der Waals surface area contributed by atoms with Crippen LogP contribution in [0.2, 0.25) is 0 Å². The fourth-order valence-electron chi connectivity index (χ4n) is 4.53. The van der Waals surface area contributed by atoms with Crippen LogP contribution in [0.15, 0.2) is 11.0 Å². The zero-order valence-corrected chi connectivity index (χ0v) is 21.6. The van der Waals surface area contributed by atoms with E-state index < -0.39 is 44.4 Å². The highest BCUT2D eigenvalue weighted by atomic mass is 32.2. The molecule has 0 aliphatic carbocycles. The molecule has 0 aromatic carbocycles. The van der Waals surface area contributed by atoms with Gasteiger partial charge >= 0.3 is 11.9 Å². The Morgan fingerprint density at radius 2 is 1.34 bits per heavy atom. The summed E-state index contributed by atoms with van der Waals surface area (Å²) in [6, 6.07) is 0. The first kappa shape index (κ1) is 27.2. The Hall–Kier alpha value is -1.02. The molecule has 184 valence electrons. The molecule has 1 fully saturated rings. The van der Waals surface area contributed by atoms with Crippen LogP contribution in [0.25, 0.3) is 0 Å². The molecule has 5 unspecified atom stereocenters. The smallest absolute Gasteiger partial charge is 0.309 e.